The van der Waals surface area contributed by atoms with Crippen molar-refractivity contribution >= 4 is 41.7 Å². The van der Waals surface area contributed by atoms with Crippen LogP contribution < -0.4 is 5.32 Å². The Balaban J connectivity index is 0.00000289. The molecule has 18 heavy (non-hydrogen) atoms. The van der Waals surface area contributed by atoms with Crippen LogP contribution in [0.2, 0.25) is 0 Å². The number of piperidine rings is 1. The van der Waals surface area contributed by atoms with E-state index in [1.54, 1.807) is 0 Å². The molecule has 1 rings (SSSR count). The van der Waals surface area contributed by atoms with Gasteiger partial charge in [-0.3, -0.25) is 4.99 Å². The molecule has 0 aromatic heterocycles. The third-order valence-electron chi connectivity index (χ3n) is 3.39. The summed E-state index contributed by atoms with van der Waals surface area (Å²) in [5.74, 6) is 1.86. The van der Waals surface area contributed by atoms with E-state index >= 15 is 0 Å². The number of aliphatic imine (C=N–C) groups is 1. The Kier molecular flexibility index (Phi) is 8.67. The zero-order valence-electron chi connectivity index (χ0n) is 12.3. The average Bonchev–Trinajstić information content (AvgIpc) is 2.30. The fraction of sp³-hybridized carbons (Fsp3) is 0.923. The summed E-state index contributed by atoms with van der Waals surface area (Å²) in [6.07, 6.45) is 4.80. The van der Waals surface area contributed by atoms with Crippen molar-refractivity contribution in [2.75, 3.05) is 32.9 Å². The van der Waals surface area contributed by atoms with Crippen molar-refractivity contribution in [2.45, 2.75) is 38.4 Å². The third-order valence-corrected chi connectivity index (χ3v) is 4.64. The zero-order chi connectivity index (χ0) is 12.9. The van der Waals surface area contributed by atoms with E-state index in [9.17, 15) is 0 Å². The van der Waals surface area contributed by atoms with Gasteiger partial charge in [0.2, 0.25) is 0 Å². The Morgan fingerprint density at radius 3 is 2.67 bits per heavy atom. The van der Waals surface area contributed by atoms with Crippen LogP contribution in [0.4, 0.5) is 0 Å². The molecule has 1 aliphatic rings. The van der Waals surface area contributed by atoms with E-state index in [2.05, 4.69) is 42.2 Å². The largest absolute Gasteiger partial charge is 0.355 e. The fourth-order valence-electron chi connectivity index (χ4n) is 2.08. The first-order valence-corrected chi connectivity index (χ1v) is 7.71. The summed E-state index contributed by atoms with van der Waals surface area (Å²) in [6.45, 7) is 10.1. The number of rotatable bonds is 3. The minimum absolute atomic E-state index is 0. The van der Waals surface area contributed by atoms with E-state index in [0.29, 0.717) is 0 Å². The molecule has 1 fully saturated rings. The molecule has 5 heteroatoms. The number of likely N-dealkylation sites (tertiary alicyclic amines) is 1. The molecule has 0 spiro atoms. The first kappa shape index (κ1) is 18.4. The molecular weight excluding hydrogens is 357 g/mol. The maximum Gasteiger partial charge on any atom is 0.193 e. The molecule has 1 unspecified atom stereocenters. The molecule has 0 amide bonds. The van der Waals surface area contributed by atoms with Crippen LogP contribution in [-0.4, -0.2) is 48.5 Å². The molecule has 3 nitrogen and oxygen atoms in total. The summed E-state index contributed by atoms with van der Waals surface area (Å²) >= 11 is 1.89. The molecule has 1 heterocycles. The molecule has 0 radical (unpaired) electrons. The molecule has 0 bridgehead atoms. The van der Waals surface area contributed by atoms with Gasteiger partial charge in [-0.15, -0.1) is 24.0 Å². The Hall–Kier alpha value is 0.350. The monoisotopic (exact) mass is 385 g/mol. The van der Waals surface area contributed by atoms with Gasteiger partial charge in [0, 0.05) is 31.4 Å². The zero-order valence-corrected chi connectivity index (χ0v) is 15.5. The topological polar surface area (TPSA) is 27.6 Å². The van der Waals surface area contributed by atoms with Gasteiger partial charge < -0.3 is 10.2 Å². The molecule has 1 N–H and O–H groups in total. The van der Waals surface area contributed by atoms with Crippen molar-refractivity contribution < 1.29 is 0 Å². The summed E-state index contributed by atoms with van der Waals surface area (Å²) in [5, 5.41) is 3.51. The molecule has 0 saturated carbocycles. The Morgan fingerprint density at radius 2 is 2.17 bits per heavy atom. The normalized spacial score (nSPS) is 21.5. The number of hydrogen-bond acceptors (Lipinski definition) is 2. The predicted molar refractivity (Wildman–Crippen MR) is 94.3 cm³/mol. The van der Waals surface area contributed by atoms with Crippen LogP contribution in [0.15, 0.2) is 4.99 Å². The highest BCUT2D eigenvalue weighted by atomic mass is 127. The number of nitrogens with zero attached hydrogens (tertiary/aromatic N) is 2. The van der Waals surface area contributed by atoms with Crippen LogP contribution in [-0.2, 0) is 0 Å². The van der Waals surface area contributed by atoms with Gasteiger partial charge in [0.15, 0.2) is 5.96 Å². The van der Waals surface area contributed by atoms with Crippen molar-refractivity contribution in [3.8, 4) is 0 Å². The van der Waals surface area contributed by atoms with E-state index in [1.165, 1.54) is 12.8 Å². The van der Waals surface area contributed by atoms with Crippen molar-refractivity contribution in [1.29, 1.82) is 0 Å². The van der Waals surface area contributed by atoms with Crippen LogP contribution in [0.5, 0.6) is 0 Å². The fourth-order valence-corrected chi connectivity index (χ4v) is 2.29. The first-order chi connectivity index (χ1) is 7.98. The van der Waals surface area contributed by atoms with Gasteiger partial charge in [-0.2, -0.15) is 11.8 Å². The van der Waals surface area contributed by atoms with Crippen LogP contribution in [0.3, 0.4) is 0 Å². The number of hydrogen-bond donors (Lipinski definition) is 1. The highest BCUT2D eigenvalue weighted by Gasteiger charge is 2.21. The summed E-state index contributed by atoms with van der Waals surface area (Å²) in [4.78, 5) is 6.80. The lowest BCUT2D eigenvalue weighted by Gasteiger charge is -2.35. The minimum Gasteiger partial charge on any atom is -0.355 e. The summed E-state index contributed by atoms with van der Waals surface area (Å²) in [5.41, 5.74) is 0. The highest BCUT2D eigenvalue weighted by Crippen LogP contribution is 2.20. The average molecular weight is 385 g/mol. The molecule has 0 aromatic rings. The van der Waals surface area contributed by atoms with Gasteiger partial charge in [0.1, 0.15) is 0 Å². The van der Waals surface area contributed by atoms with Gasteiger partial charge >= 0.3 is 0 Å². The second-order valence-corrected chi connectivity index (χ2v) is 7.07. The van der Waals surface area contributed by atoms with Crippen LogP contribution >= 0.6 is 35.7 Å². The van der Waals surface area contributed by atoms with Crippen molar-refractivity contribution in [3.63, 3.8) is 0 Å². The van der Waals surface area contributed by atoms with Crippen molar-refractivity contribution in [2.24, 2.45) is 10.9 Å². The smallest absolute Gasteiger partial charge is 0.193 e. The Labute approximate surface area is 134 Å². The lowest BCUT2D eigenvalue weighted by Crippen LogP contribution is -2.49. The molecule has 1 atom stereocenters. The Bertz CT molecular complexity index is 269. The van der Waals surface area contributed by atoms with Gasteiger partial charge in [-0.25, -0.2) is 0 Å². The molecule has 1 saturated heterocycles. The number of thioether (sulfide) groups is 1. The van der Waals surface area contributed by atoms with Crippen LogP contribution in [0.25, 0.3) is 0 Å². The third kappa shape index (κ3) is 5.99. The van der Waals surface area contributed by atoms with Crippen molar-refractivity contribution in [1.82, 2.24) is 10.2 Å². The van der Waals surface area contributed by atoms with Gasteiger partial charge in [-0.1, -0.05) is 6.92 Å². The number of guanidine groups is 1. The van der Waals surface area contributed by atoms with Crippen LogP contribution in [0.1, 0.15) is 33.6 Å². The minimum atomic E-state index is 0. The number of nitrogens with one attached hydrogen (secondary N) is 1. The molecule has 0 aliphatic carbocycles. The maximum atomic E-state index is 4.41. The summed E-state index contributed by atoms with van der Waals surface area (Å²) in [6, 6.07) is 0. The van der Waals surface area contributed by atoms with E-state index in [4.69, 9.17) is 0 Å². The highest BCUT2D eigenvalue weighted by molar-refractivity contribution is 14.0. The molecule has 108 valence electrons. The molecule has 1 aliphatic heterocycles. The second kappa shape index (κ2) is 8.51. The van der Waals surface area contributed by atoms with Gasteiger partial charge in [0.05, 0.1) is 0 Å². The summed E-state index contributed by atoms with van der Waals surface area (Å²) in [7, 11) is 1.88. The van der Waals surface area contributed by atoms with Gasteiger partial charge in [0.25, 0.3) is 0 Å². The van der Waals surface area contributed by atoms with E-state index in [0.717, 1.165) is 31.5 Å². The standard InChI is InChI=1S/C13H27N3S.HI/c1-11-7-6-8-16(9-11)12(14-4)15-10-13(2,3)17-5;/h11H,6-10H2,1-5H3,(H,14,15);1H. The van der Waals surface area contributed by atoms with E-state index in [-0.39, 0.29) is 28.7 Å². The first-order valence-electron chi connectivity index (χ1n) is 6.49. The van der Waals surface area contributed by atoms with E-state index in [1.807, 2.05) is 18.8 Å². The second-order valence-electron chi connectivity index (χ2n) is 5.56. The van der Waals surface area contributed by atoms with Crippen molar-refractivity contribution in [3.05, 3.63) is 0 Å². The summed E-state index contributed by atoms with van der Waals surface area (Å²) < 4.78 is 0.261. The Morgan fingerprint density at radius 1 is 1.50 bits per heavy atom. The molecule has 0 aromatic carbocycles. The maximum absolute atomic E-state index is 4.41. The molecular formula is C13H28IN3S. The van der Waals surface area contributed by atoms with Gasteiger partial charge in [-0.05, 0) is 38.9 Å². The van der Waals surface area contributed by atoms with E-state index < -0.39 is 0 Å². The predicted octanol–water partition coefficient (Wildman–Crippen LogP) is 3.05. The quantitative estimate of drug-likeness (QED) is 0.460. The lowest BCUT2D eigenvalue weighted by atomic mass is 10.0. The lowest BCUT2D eigenvalue weighted by molar-refractivity contribution is 0.265. The van der Waals surface area contributed by atoms with Crippen LogP contribution in [0, 0.1) is 5.92 Å². The number of halogens is 1. The SMILES string of the molecule is CN=C(NCC(C)(C)SC)N1CCCC(C)C1.I.